The summed E-state index contributed by atoms with van der Waals surface area (Å²) in [5.74, 6) is 2.93. The van der Waals surface area contributed by atoms with Gasteiger partial charge in [0.1, 0.15) is 0 Å². The Morgan fingerprint density at radius 2 is 1.23 bits per heavy atom. The molecule has 5 heteroatoms. The topological polar surface area (TPSA) is 63.6 Å². The highest BCUT2D eigenvalue weighted by Gasteiger charge is 2.11. The van der Waals surface area contributed by atoms with E-state index in [-0.39, 0.29) is 6.61 Å². The summed E-state index contributed by atoms with van der Waals surface area (Å²) in [6.07, 6.45) is 13.4. The Morgan fingerprint density at radius 1 is 0.769 bits per heavy atom. The van der Waals surface area contributed by atoms with Crippen LogP contribution in [-0.2, 0) is 14.6 Å². The van der Waals surface area contributed by atoms with Crippen molar-refractivity contribution in [1.82, 2.24) is 0 Å². The van der Waals surface area contributed by atoms with E-state index in [9.17, 15) is 8.42 Å². The van der Waals surface area contributed by atoms with E-state index in [1.54, 1.807) is 0 Å². The van der Waals surface area contributed by atoms with Crippen molar-refractivity contribution in [3.63, 3.8) is 0 Å². The minimum absolute atomic E-state index is 0.0849. The van der Waals surface area contributed by atoms with Gasteiger partial charge in [0, 0.05) is 0 Å². The molecule has 4 nitrogen and oxygen atoms in total. The van der Waals surface area contributed by atoms with Crippen molar-refractivity contribution in [2.45, 2.75) is 105 Å². The van der Waals surface area contributed by atoms with Gasteiger partial charge in [-0.2, -0.15) is 8.42 Å². The summed E-state index contributed by atoms with van der Waals surface area (Å²) < 4.78 is 34.2. The highest BCUT2D eigenvalue weighted by atomic mass is 32.3. The van der Waals surface area contributed by atoms with Crippen molar-refractivity contribution in [2.75, 3.05) is 6.61 Å². The van der Waals surface area contributed by atoms with E-state index in [4.69, 9.17) is 4.55 Å². The van der Waals surface area contributed by atoms with Crippen LogP contribution in [0.25, 0.3) is 0 Å². The molecule has 0 aromatic rings. The second-order valence-electron chi connectivity index (χ2n) is 8.71. The molecule has 0 aliphatic heterocycles. The zero-order valence-corrected chi connectivity index (χ0v) is 18.7. The second kappa shape index (κ2) is 14.9. The average molecular weight is 393 g/mol. The maximum atomic E-state index is 10.6. The molecule has 1 N–H and O–H groups in total. The molecule has 3 atom stereocenters. The van der Waals surface area contributed by atoms with Gasteiger partial charge in [-0.25, -0.2) is 4.18 Å². The van der Waals surface area contributed by atoms with E-state index >= 15 is 0 Å². The Bertz CT molecular complexity index is 420. The first-order chi connectivity index (χ1) is 12.1. The third kappa shape index (κ3) is 17.3. The maximum absolute atomic E-state index is 10.6. The predicted octanol–water partition coefficient (Wildman–Crippen LogP) is 6.66. The molecule has 26 heavy (non-hydrogen) atoms. The molecule has 0 bridgehead atoms. The molecule has 0 heterocycles. The van der Waals surface area contributed by atoms with Crippen LogP contribution < -0.4 is 0 Å². The molecule has 0 fully saturated rings. The quantitative estimate of drug-likeness (QED) is 0.281. The summed E-state index contributed by atoms with van der Waals surface area (Å²) in [6, 6.07) is 0. The fraction of sp³-hybridized carbons (Fsp3) is 1.00. The zero-order valence-electron chi connectivity index (χ0n) is 17.9. The lowest BCUT2D eigenvalue weighted by atomic mass is 9.90. The number of hydrogen-bond donors (Lipinski definition) is 1. The Kier molecular flexibility index (Phi) is 14.8. The minimum Gasteiger partial charge on any atom is -0.264 e. The van der Waals surface area contributed by atoms with E-state index < -0.39 is 10.4 Å². The van der Waals surface area contributed by atoms with Gasteiger partial charge in [-0.1, -0.05) is 98.8 Å². The lowest BCUT2D eigenvalue weighted by Crippen LogP contribution is -2.10. The largest absolute Gasteiger partial charge is 0.397 e. The van der Waals surface area contributed by atoms with Crippen LogP contribution in [0.3, 0.4) is 0 Å². The van der Waals surface area contributed by atoms with Gasteiger partial charge in [0.25, 0.3) is 0 Å². The van der Waals surface area contributed by atoms with E-state index in [0.29, 0.717) is 12.3 Å². The molecule has 0 amide bonds. The first-order valence-electron chi connectivity index (χ1n) is 10.8. The molecule has 0 aromatic heterocycles. The molecular weight excluding hydrogens is 348 g/mol. The molecule has 0 aliphatic carbocycles. The lowest BCUT2D eigenvalue weighted by molar-refractivity contribution is 0.237. The van der Waals surface area contributed by atoms with Gasteiger partial charge in [0.05, 0.1) is 6.61 Å². The van der Waals surface area contributed by atoms with Gasteiger partial charge in [0.15, 0.2) is 0 Å². The summed E-state index contributed by atoms with van der Waals surface area (Å²) in [7, 11) is -4.29. The molecule has 0 aromatic carbocycles. The zero-order chi connectivity index (χ0) is 20.0. The second-order valence-corrected chi connectivity index (χ2v) is 9.80. The molecule has 3 unspecified atom stereocenters. The normalized spacial score (nSPS) is 16.0. The highest BCUT2D eigenvalue weighted by molar-refractivity contribution is 7.80. The molecule has 158 valence electrons. The van der Waals surface area contributed by atoms with E-state index in [2.05, 4.69) is 38.8 Å². The Labute approximate surface area is 163 Å². The first kappa shape index (κ1) is 25.9. The van der Waals surface area contributed by atoms with E-state index in [0.717, 1.165) is 30.6 Å². The van der Waals surface area contributed by atoms with Gasteiger partial charge >= 0.3 is 10.4 Å². The van der Waals surface area contributed by atoms with Crippen molar-refractivity contribution >= 4 is 10.4 Å². The maximum Gasteiger partial charge on any atom is 0.397 e. The number of hydrogen-bond acceptors (Lipinski definition) is 3. The van der Waals surface area contributed by atoms with Gasteiger partial charge in [-0.3, -0.25) is 4.55 Å². The fourth-order valence-corrected chi connectivity index (χ4v) is 3.91. The van der Waals surface area contributed by atoms with Crippen LogP contribution in [0.4, 0.5) is 0 Å². The number of rotatable bonds is 17. The van der Waals surface area contributed by atoms with Crippen molar-refractivity contribution in [1.29, 1.82) is 0 Å². The summed E-state index contributed by atoms with van der Waals surface area (Å²) >= 11 is 0. The van der Waals surface area contributed by atoms with Crippen LogP contribution in [0.2, 0.25) is 0 Å². The van der Waals surface area contributed by atoms with Gasteiger partial charge in [0.2, 0.25) is 0 Å². The van der Waals surface area contributed by atoms with Crippen LogP contribution in [0, 0.1) is 23.7 Å². The molecule has 0 spiro atoms. The van der Waals surface area contributed by atoms with Crippen LogP contribution >= 0.6 is 0 Å². The first-order valence-corrected chi connectivity index (χ1v) is 12.1. The highest BCUT2D eigenvalue weighted by Crippen LogP contribution is 2.23. The van der Waals surface area contributed by atoms with Crippen LogP contribution in [0.5, 0.6) is 0 Å². The smallest absolute Gasteiger partial charge is 0.264 e. The van der Waals surface area contributed by atoms with Gasteiger partial charge < -0.3 is 0 Å². The molecule has 0 saturated heterocycles. The van der Waals surface area contributed by atoms with E-state index in [1.165, 1.54) is 51.4 Å². The lowest BCUT2D eigenvalue weighted by Gasteiger charge is -2.17. The third-order valence-corrected chi connectivity index (χ3v) is 5.98. The third-order valence-electron chi connectivity index (χ3n) is 5.52. The fourth-order valence-electron chi connectivity index (χ4n) is 3.61. The van der Waals surface area contributed by atoms with Crippen molar-refractivity contribution in [2.24, 2.45) is 23.7 Å². The van der Waals surface area contributed by atoms with E-state index in [1.807, 2.05) is 0 Å². The standard InChI is InChI=1S/C21H44O4S/c1-6-21(16-17-25-26(22,23)24)15-9-14-20(5)13-8-12-19(4)11-7-10-18(2)3/h18-21H,6-17H2,1-5H3,(H,22,23,24). The SMILES string of the molecule is CCC(CCCC(C)CCCC(C)CCCC(C)C)CCOS(=O)(=O)O. The van der Waals surface area contributed by atoms with Crippen molar-refractivity contribution in [3.05, 3.63) is 0 Å². The molecule has 0 saturated carbocycles. The molecule has 0 rings (SSSR count). The summed E-state index contributed by atoms with van der Waals surface area (Å²) in [5, 5.41) is 0. The summed E-state index contributed by atoms with van der Waals surface area (Å²) in [5.41, 5.74) is 0. The molecule has 0 radical (unpaired) electrons. The monoisotopic (exact) mass is 392 g/mol. The van der Waals surface area contributed by atoms with Crippen LogP contribution in [-0.4, -0.2) is 19.6 Å². The molecular formula is C21H44O4S. The Balaban J connectivity index is 3.72. The average Bonchev–Trinajstić information content (AvgIpc) is 2.51. The Hall–Kier alpha value is -0.130. The minimum atomic E-state index is -4.29. The van der Waals surface area contributed by atoms with Gasteiger partial charge in [-0.05, 0) is 30.1 Å². The summed E-state index contributed by atoms with van der Waals surface area (Å²) in [4.78, 5) is 0. The van der Waals surface area contributed by atoms with Crippen LogP contribution in [0.15, 0.2) is 0 Å². The summed E-state index contributed by atoms with van der Waals surface area (Å²) in [6.45, 7) is 11.6. The van der Waals surface area contributed by atoms with Crippen molar-refractivity contribution < 1.29 is 17.2 Å². The Morgan fingerprint density at radius 3 is 1.65 bits per heavy atom. The van der Waals surface area contributed by atoms with Gasteiger partial charge in [-0.15, -0.1) is 0 Å². The molecule has 0 aliphatic rings. The van der Waals surface area contributed by atoms with Crippen molar-refractivity contribution in [3.8, 4) is 0 Å². The van der Waals surface area contributed by atoms with Crippen LogP contribution in [0.1, 0.15) is 105 Å². The predicted molar refractivity (Wildman–Crippen MR) is 111 cm³/mol.